The predicted molar refractivity (Wildman–Crippen MR) is 136 cm³/mol. The van der Waals surface area contributed by atoms with E-state index in [0.717, 1.165) is 67.8 Å². The Kier molecular flexibility index (Phi) is 4.95. The molecule has 3 aliphatic rings. The lowest BCUT2D eigenvalue weighted by Crippen LogP contribution is -2.15. The number of hydrogen-bond acceptors (Lipinski definition) is 4. The minimum absolute atomic E-state index is 0.397. The van der Waals surface area contributed by atoms with E-state index in [1.165, 1.54) is 0 Å². The fourth-order valence-corrected chi connectivity index (χ4v) is 4.28. The van der Waals surface area contributed by atoms with E-state index in [-0.39, 0.29) is 0 Å². The van der Waals surface area contributed by atoms with Crippen molar-refractivity contribution in [2.45, 2.75) is 25.8 Å². The molecular formula is C27H22BrN5. The lowest BCUT2D eigenvalue weighted by atomic mass is 10.1. The number of aryl methyl sites for hydroxylation is 1. The standard InChI is InChI=1S/C27H22BrN5/c1-17-6-9-20(16-29-17)31-23-14-25-27(15-24(23)30-19-10-11-19)33(21-12-7-18(28)8-13-21)26-5-3-2-4-22(26)32-25/h2-9,12-16,19,31H,10-11H2,1H3/b30-24+. The molecule has 3 aromatic rings. The van der Waals surface area contributed by atoms with Gasteiger partial charge in [-0.05, 0) is 80.4 Å². The molecule has 1 aliphatic heterocycles. The lowest BCUT2D eigenvalue weighted by Gasteiger charge is -2.20. The number of benzene rings is 3. The number of halogens is 1. The van der Waals surface area contributed by atoms with Crippen LogP contribution in [0.3, 0.4) is 0 Å². The minimum Gasteiger partial charge on any atom is -0.352 e. The summed E-state index contributed by atoms with van der Waals surface area (Å²) in [7, 11) is 0. The average molecular weight is 496 g/mol. The zero-order valence-corrected chi connectivity index (χ0v) is 19.7. The van der Waals surface area contributed by atoms with Crippen molar-refractivity contribution in [3.8, 4) is 17.1 Å². The number of fused-ring (bicyclic) bond motifs is 2. The second-order valence-electron chi connectivity index (χ2n) is 8.44. The molecule has 1 N–H and O–H groups in total. The summed E-state index contributed by atoms with van der Waals surface area (Å²) in [6.07, 6.45) is 4.15. The fourth-order valence-electron chi connectivity index (χ4n) is 4.01. The number of hydrogen-bond donors (Lipinski definition) is 1. The number of pyridine rings is 1. The van der Waals surface area contributed by atoms with Gasteiger partial charge >= 0.3 is 0 Å². The van der Waals surface area contributed by atoms with E-state index in [2.05, 4.69) is 85.4 Å². The number of para-hydroxylation sites is 2. The van der Waals surface area contributed by atoms with E-state index in [1.54, 1.807) is 0 Å². The summed E-state index contributed by atoms with van der Waals surface area (Å²) < 4.78 is 3.32. The van der Waals surface area contributed by atoms with Gasteiger partial charge in [0.1, 0.15) is 0 Å². The third-order valence-electron chi connectivity index (χ3n) is 5.84. The van der Waals surface area contributed by atoms with Crippen molar-refractivity contribution in [1.29, 1.82) is 0 Å². The summed E-state index contributed by atoms with van der Waals surface area (Å²) in [5, 5.41) is 4.48. The van der Waals surface area contributed by atoms with Gasteiger partial charge in [-0.2, -0.15) is 0 Å². The van der Waals surface area contributed by atoms with Crippen LogP contribution in [0.5, 0.6) is 0 Å². The number of anilines is 2. The van der Waals surface area contributed by atoms with Gasteiger partial charge in [0, 0.05) is 15.9 Å². The first-order valence-electron chi connectivity index (χ1n) is 11.1. The zero-order chi connectivity index (χ0) is 22.4. The van der Waals surface area contributed by atoms with E-state index >= 15 is 0 Å². The molecule has 33 heavy (non-hydrogen) atoms. The van der Waals surface area contributed by atoms with Crippen LogP contribution in [0, 0.1) is 6.92 Å². The summed E-state index contributed by atoms with van der Waals surface area (Å²) in [6, 6.07) is 25.4. The Bertz CT molecular complexity index is 1500. The third kappa shape index (κ3) is 4.02. The number of nitrogens with zero attached hydrogens (tertiary/aromatic N) is 4. The molecule has 6 rings (SSSR count). The molecule has 0 saturated heterocycles. The summed E-state index contributed by atoms with van der Waals surface area (Å²) in [4.78, 5) is 14.5. The van der Waals surface area contributed by atoms with Crippen molar-refractivity contribution in [3.63, 3.8) is 0 Å². The van der Waals surface area contributed by atoms with Crippen LogP contribution in [0.15, 0.2) is 88.5 Å². The molecule has 162 valence electrons. The van der Waals surface area contributed by atoms with Crippen molar-refractivity contribution >= 4 is 38.3 Å². The SMILES string of the molecule is Cc1ccc(Nc2cc3nc4ccccc4n(-c4ccc(Br)cc4)c-3c/c2=N\C2CC2)cn1. The van der Waals surface area contributed by atoms with Gasteiger partial charge in [-0.15, -0.1) is 0 Å². The van der Waals surface area contributed by atoms with Crippen molar-refractivity contribution in [2.75, 3.05) is 5.32 Å². The van der Waals surface area contributed by atoms with Gasteiger partial charge in [0.05, 0.1) is 51.4 Å². The molecule has 1 aromatic heterocycles. The molecule has 2 aliphatic carbocycles. The highest BCUT2D eigenvalue weighted by molar-refractivity contribution is 9.10. The van der Waals surface area contributed by atoms with E-state index in [4.69, 9.17) is 9.98 Å². The Labute approximate surface area is 200 Å². The van der Waals surface area contributed by atoms with Crippen molar-refractivity contribution in [1.82, 2.24) is 14.5 Å². The monoisotopic (exact) mass is 495 g/mol. The Morgan fingerprint density at radius 1 is 1.00 bits per heavy atom. The van der Waals surface area contributed by atoms with Crippen LogP contribution in [0.2, 0.25) is 0 Å². The molecule has 0 atom stereocenters. The summed E-state index contributed by atoms with van der Waals surface area (Å²) in [5.41, 5.74) is 7.92. The van der Waals surface area contributed by atoms with E-state index in [0.29, 0.717) is 6.04 Å². The van der Waals surface area contributed by atoms with Crippen LogP contribution in [-0.2, 0) is 0 Å². The maximum atomic E-state index is 5.03. The number of rotatable bonds is 4. The van der Waals surface area contributed by atoms with Crippen LogP contribution in [-0.4, -0.2) is 20.6 Å². The largest absolute Gasteiger partial charge is 0.352 e. The molecular weight excluding hydrogens is 474 g/mol. The summed E-state index contributed by atoms with van der Waals surface area (Å²) in [5.74, 6) is 0. The van der Waals surface area contributed by atoms with Crippen molar-refractivity contribution < 1.29 is 0 Å². The maximum absolute atomic E-state index is 5.03. The van der Waals surface area contributed by atoms with E-state index in [9.17, 15) is 0 Å². The molecule has 1 fully saturated rings. The highest BCUT2D eigenvalue weighted by Crippen LogP contribution is 2.31. The van der Waals surface area contributed by atoms with Gasteiger partial charge in [-0.3, -0.25) is 9.98 Å². The van der Waals surface area contributed by atoms with Gasteiger partial charge in [0.2, 0.25) is 0 Å². The molecule has 0 radical (unpaired) electrons. The van der Waals surface area contributed by atoms with Crippen molar-refractivity contribution in [2.24, 2.45) is 4.99 Å². The first-order chi connectivity index (χ1) is 16.1. The first-order valence-corrected chi connectivity index (χ1v) is 11.9. The molecule has 2 aromatic carbocycles. The summed E-state index contributed by atoms with van der Waals surface area (Å²) >= 11 is 3.56. The second-order valence-corrected chi connectivity index (χ2v) is 9.36. The van der Waals surface area contributed by atoms with E-state index in [1.807, 2.05) is 31.3 Å². The first kappa shape index (κ1) is 20.1. The quantitative estimate of drug-likeness (QED) is 0.293. The molecule has 0 bridgehead atoms. The number of nitrogens with one attached hydrogen (secondary N) is 1. The summed E-state index contributed by atoms with van der Waals surface area (Å²) in [6.45, 7) is 1.99. The fraction of sp³-hybridized carbons (Fsp3) is 0.148. The topological polar surface area (TPSA) is 55.1 Å². The molecule has 6 heteroatoms. The molecule has 1 saturated carbocycles. The Hall–Kier alpha value is -3.51. The van der Waals surface area contributed by atoms with E-state index < -0.39 is 0 Å². The minimum atomic E-state index is 0.397. The molecule has 5 nitrogen and oxygen atoms in total. The molecule has 2 heterocycles. The van der Waals surface area contributed by atoms with Crippen LogP contribution < -0.4 is 10.7 Å². The van der Waals surface area contributed by atoms with Gasteiger partial charge < -0.3 is 9.88 Å². The van der Waals surface area contributed by atoms with Crippen LogP contribution >= 0.6 is 15.9 Å². The van der Waals surface area contributed by atoms with Gasteiger partial charge in [-0.1, -0.05) is 28.1 Å². The lowest BCUT2D eigenvalue weighted by molar-refractivity contribution is 0.997. The normalized spacial score (nSPS) is 14.2. The Morgan fingerprint density at radius 3 is 2.58 bits per heavy atom. The Morgan fingerprint density at radius 2 is 1.82 bits per heavy atom. The van der Waals surface area contributed by atoms with Crippen LogP contribution in [0.4, 0.5) is 11.4 Å². The molecule has 0 amide bonds. The Balaban J connectivity index is 1.62. The smallest absolute Gasteiger partial charge is 0.0900 e. The second kappa shape index (κ2) is 8.12. The van der Waals surface area contributed by atoms with Gasteiger partial charge in [0.25, 0.3) is 0 Å². The maximum Gasteiger partial charge on any atom is 0.0900 e. The average Bonchev–Trinajstić information content (AvgIpc) is 3.64. The van der Waals surface area contributed by atoms with Crippen molar-refractivity contribution in [3.05, 3.63) is 94.5 Å². The van der Waals surface area contributed by atoms with Crippen LogP contribution in [0.25, 0.3) is 28.1 Å². The van der Waals surface area contributed by atoms with Gasteiger partial charge in [0.15, 0.2) is 0 Å². The highest BCUT2D eigenvalue weighted by atomic mass is 79.9. The molecule has 0 unspecified atom stereocenters. The molecule has 0 spiro atoms. The van der Waals surface area contributed by atoms with Crippen LogP contribution in [0.1, 0.15) is 18.5 Å². The predicted octanol–water partition coefficient (Wildman–Crippen LogP) is 6.40. The number of aromatic nitrogens is 3. The highest BCUT2D eigenvalue weighted by Gasteiger charge is 2.21. The van der Waals surface area contributed by atoms with Gasteiger partial charge in [-0.25, -0.2) is 4.98 Å². The zero-order valence-electron chi connectivity index (χ0n) is 18.2. The third-order valence-corrected chi connectivity index (χ3v) is 6.37.